The summed E-state index contributed by atoms with van der Waals surface area (Å²) in [5.41, 5.74) is -2.09. The lowest BCUT2D eigenvalue weighted by molar-refractivity contribution is -0.140. The molecule has 1 aromatic carbocycles. The van der Waals surface area contributed by atoms with E-state index in [1.807, 2.05) is 0 Å². The number of aliphatic carboxylic acids is 1. The summed E-state index contributed by atoms with van der Waals surface area (Å²) in [7, 11) is 0. The molecular formula is C10H7ClF2O3. The molecular weight excluding hydrogens is 242 g/mol. The largest absolute Gasteiger partial charge is 0.506 e. The van der Waals surface area contributed by atoms with Crippen LogP contribution in [-0.4, -0.2) is 16.2 Å². The fraction of sp³-hybridized carbons (Fsp3) is 0.300. The predicted octanol–water partition coefficient (Wildman–Crippen LogP) is 2.44. The minimum absolute atomic E-state index is 0.164. The topological polar surface area (TPSA) is 57.5 Å². The maximum Gasteiger partial charge on any atom is 0.314 e. The van der Waals surface area contributed by atoms with E-state index in [1.165, 1.54) is 0 Å². The van der Waals surface area contributed by atoms with Crippen LogP contribution in [0.25, 0.3) is 0 Å². The number of hydrogen-bond donors (Lipinski definition) is 2. The lowest BCUT2D eigenvalue weighted by Crippen LogP contribution is -2.22. The van der Waals surface area contributed by atoms with Crippen molar-refractivity contribution in [2.75, 3.05) is 0 Å². The molecule has 0 spiro atoms. The van der Waals surface area contributed by atoms with E-state index >= 15 is 0 Å². The molecule has 16 heavy (non-hydrogen) atoms. The number of rotatable bonds is 2. The first-order chi connectivity index (χ1) is 7.40. The molecule has 1 fully saturated rings. The highest BCUT2D eigenvalue weighted by molar-refractivity contribution is 6.32. The van der Waals surface area contributed by atoms with Crippen LogP contribution >= 0.6 is 11.6 Å². The van der Waals surface area contributed by atoms with E-state index in [9.17, 15) is 13.6 Å². The molecule has 0 heterocycles. The fourth-order valence-electron chi connectivity index (χ4n) is 1.72. The third-order valence-corrected chi connectivity index (χ3v) is 3.14. The Morgan fingerprint density at radius 2 is 2.00 bits per heavy atom. The fourth-order valence-corrected chi connectivity index (χ4v) is 1.87. The van der Waals surface area contributed by atoms with Crippen molar-refractivity contribution >= 4 is 17.6 Å². The lowest BCUT2D eigenvalue weighted by Gasteiger charge is -2.13. The highest BCUT2D eigenvalue weighted by atomic mass is 35.5. The van der Waals surface area contributed by atoms with Crippen molar-refractivity contribution in [3.05, 3.63) is 28.3 Å². The first kappa shape index (κ1) is 11.1. The number of halogens is 3. The van der Waals surface area contributed by atoms with E-state index < -0.39 is 39.4 Å². The average Bonchev–Trinajstić information content (AvgIpc) is 2.96. The normalized spacial score (nSPS) is 17.2. The zero-order valence-corrected chi connectivity index (χ0v) is 8.68. The number of phenols is 1. The van der Waals surface area contributed by atoms with Crippen molar-refractivity contribution in [1.82, 2.24) is 0 Å². The molecule has 0 saturated heterocycles. The van der Waals surface area contributed by atoms with E-state index in [-0.39, 0.29) is 12.8 Å². The molecule has 0 bridgehead atoms. The van der Waals surface area contributed by atoms with Crippen LogP contribution in [0.4, 0.5) is 8.78 Å². The summed E-state index contributed by atoms with van der Waals surface area (Å²) in [5.74, 6) is -4.30. The highest BCUT2D eigenvalue weighted by Crippen LogP contribution is 2.51. The Balaban J connectivity index is 2.67. The van der Waals surface area contributed by atoms with Crippen molar-refractivity contribution in [2.45, 2.75) is 18.3 Å². The Kier molecular flexibility index (Phi) is 2.31. The summed E-state index contributed by atoms with van der Waals surface area (Å²) < 4.78 is 27.1. The smallest absolute Gasteiger partial charge is 0.314 e. The van der Waals surface area contributed by atoms with Crippen molar-refractivity contribution in [2.24, 2.45) is 0 Å². The maximum absolute atomic E-state index is 13.6. The van der Waals surface area contributed by atoms with Gasteiger partial charge in [-0.2, -0.15) is 0 Å². The number of carbonyl (C=O) groups is 1. The second-order valence-corrected chi connectivity index (χ2v) is 4.15. The summed E-state index contributed by atoms with van der Waals surface area (Å²) in [6, 6.07) is 0.629. The van der Waals surface area contributed by atoms with Crippen LogP contribution in [0.2, 0.25) is 5.02 Å². The highest BCUT2D eigenvalue weighted by Gasteiger charge is 2.55. The van der Waals surface area contributed by atoms with Gasteiger partial charge >= 0.3 is 5.97 Å². The Morgan fingerprint density at radius 3 is 2.44 bits per heavy atom. The van der Waals surface area contributed by atoms with Gasteiger partial charge in [-0.15, -0.1) is 0 Å². The van der Waals surface area contributed by atoms with E-state index in [0.717, 1.165) is 0 Å². The summed E-state index contributed by atoms with van der Waals surface area (Å²) >= 11 is 5.41. The van der Waals surface area contributed by atoms with Crippen LogP contribution in [0.15, 0.2) is 6.07 Å². The van der Waals surface area contributed by atoms with E-state index in [2.05, 4.69) is 0 Å². The molecule has 1 saturated carbocycles. The minimum Gasteiger partial charge on any atom is -0.506 e. The number of aromatic hydroxyl groups is 1. The Morgan fingerprint density at radius 1 is 1.44 bits per heavy atom. The van der Waals surface area contributed by atoms with Crippen molar-refractivity contribution < 1.29 is 23.8 Å². The third-order valence-electron chi connectivity index (χ3n) is 2.78. The molecule has 1 aliphatic rings. The first-order valence-corrected chi connectivity index (χ1v) is 4.88. The molecule has 86 valence electrons. The molecule has 6 heteroatoms. The molecule has 1 aliphatic carbocycles. The number of benzene rings is 1. The Labute approximate surface area is 94.3 Å². The zero-order chi connectivity index (χ0) is 12.1. The monoisotopic (exact) mass is 248 g/mol. The van der Waals surface area contributed by atoms with Gasteiger partial charge in [0, 0.05) is 11.6 Å². The van der Waals surface area contributed by atoms with Gasteiger partial charge in [0.05, 0.1) is 5.41 Å². The lowest BCUT2D eigenvalue weighted by atomic mass is 9.95. The number of hydrogen-bond acceptors (Lipinski definition) is 2. The van der Waals surface area contributed by atoms with Crippen molar-refractivity contribution in [3.63, 3.8) is 0 Å². The molecule has 0 amide bonds. The van der Waals surface area contributed by atoms with E-state index in [0.29, 0.717) is 6.07 Å². The van der Waals surface area contributed by atoms with Crippen LogP contribution < -0.4 is 0 Å². The average molecular weight is 249 g/mol. The summed E-state index contributed by atoms with van der Waals surface area (Å²) in [4.78, 5) is 10.9. The second kappa shape index (κ2) is 3.31. The van der Waals surface area contributed by atoms with Crippen molar-refractivity contribution in [3.8, 4) is 5.75 Å². The van der Waals surface area contributed by atoms with Crippen LogP contribution in [0.1, 0.15) is 18.4 Å². The SMILES string of the molecule is O=C(O)C1(c2c(F)cc(O)c(Cl)c2F)CC1. The number of carboxylic acids is 1. The van der Waals surface area contributed by atoms with Gasteiger partial charge < -0.3 is 10.2 Å². The minimum atomic E-state index is -1.52. The molecule has 0 unspecified atom stereocenters. The molecule has 0 aliphatic heterocycles. The second-order valence-electron chi connectivity index (χ2n) is 3.77. The van der Waals surface area contributed by atoms with Gasteiger partial charge in [0.1, 0.15) is 16.6 Å². The van der Waals surface area contributed by atoms with Gasteiger partial charge in [-0.1, -0.05) is 11.6 Å². The zero-order valence-electron chi connectivity index (χ0n) is 7.93. The van der Waals surface area contributed by atoms with Gasteiger partial charge in [0.15, 0.2) is 5.82 Å². The number of phenolic OH excluding ortho intramolecular Hbond substituents is 1. The first-order valence-electron chi connectivity index (χ1n) is 4.50. The van der Waals surface area contributed by atoms with E-state index in [4.69, 9.17) is 21.8 Å². The van der Waals surface area contributed by atoms with Gasteiger partial charge in [0.2, 0.25) is 0 Å². The van der Waals surface area contributed by atoms with Crippen LogP contribution in [0.3, 0.4) is 0 Å². The summed E-state index contributed by atoms with van der Waals surface area (Å²) in [6.45, 7) is 0. The Bertz CT molecular complexity index is 483. The summed E-state index contributed by atoms with van der Waals surface area (Å²) in [6.07, 6.45) is 0.328. The van der Waals surface area contributed by atoms with E-state index in [1.54, 1.807) is 0 Å². The van der Waals surface area contributed by atoms with Gasteiger partial charge in [-0.3, -0.25) is 4.79 Å². The Hall–Kier alpha value is -1.36. The van der Waals surface area contributed by atoms with Gasteiger partial charge in [0.25, 0.3) is 0 Å². The molecule has 1 aromatic rings. The van der Waals surface area contributed by atoms with Crippen LogP contribution in [-0.2, 0) is 10.2 Å². The molecule has 0 radical (unpaired) electrons. The van der Waals surface area contributed by atoms with Crippen molar-refractivity contribution in [1.29, 1.82) is 0 Å². The molecule has 2 N–H and O–H groups in total. The molecule has 2 rings (SSSR count). The third kappa shape index (κ3) is 1.35. The molecule has 0 aromatic heterocycles. The standard InChI is InChI=1S/C10H7ClF2O3/c11-7-5(14)3-4(12)6(8(7)13)10(1-2-10)9(15)16/h3,14H,1-2H2,(H,15,16). The molecule has 3 nitrogen and oxygen atoms in total. The van der Waals surface area contributed by atoms with Crippen LogP contribution in [0, 0.1) is 11.6 Å². The predicted molar refractivity (Wildman–Crippen MR) is 51.6 cm³/mol. The summed E-state index contributed by atoms with van der Waals surface area (Å²) in [5, 5.41) is 17.3. The van der Waals surface area contributed by atoms with Gasteiger partial charge in [-0.25, -0.2) is 8.78 Å². The quantitative estimate of drug-likeness (QED) is 0.791. The number of carboxylic acid groups (broad SMARTS) is 1. The maximum atomic E-state index is 13.6. The van der Waals surface area contributed by atoms with Gasteiger partial charge in [-0.05, 0) is 12.8 Å². The molecule has 0 atom stereocenters. The van der Waals surface area contributed by atoms with Crippen LogP contribution in [0.5, 0.6) is 5.75 Å².